The molecule has 2 aromatic heterocycles. The summed E-state index contributed by atoms with van der Waals surface area (Å²) in [4.78, 5) is 19.9. The lowest BCUT2D eigenvalue weighted by Gasteiger charge is -2.15. The molecule has 170 valence electrons. The second kappa shape index (κ2) is 9.40. The number of aryl methyl sites for hydroxylation is 2. The first-order chi connectivity index (χ1) is 16.6. The second-order valence-corrected chi connectivity index (χ2v) is 10.1. The Morgan fingerprint density at radius 3 is 2.50 bits per heavy atom. The number of nitrogens with zero attached hydrogens (tertiary/aromatic N) is 2. The van der Waals surface area contributed by atoms with Crippen LogP contribution in [0.4, 0.5) is 5.00 Å². The first-order valence-corrected chi connectivity index (χ1v) is 12.7. The summed E-state index contributed by atoms with van der Waals surface area (Å²) in [6, 6.07) is 18.4. The molecule has 0 aliphatic heterocycles. The Kier molecular flexibility index (Phi) is 6.17. The molecule has 0 bridgehead atoms. The van der Waals surface area contributed by atoms with Gasteiger partial charge < -0.3 is 5.32 Å². The summed E-state index contributed by atoms with van der Waals surface area (Å²) in [6.07, 6.45) is 6.56. The Morgan fingerprint density at radius 1 is 1.00 bits per heavy atom. The van der Waals surface area contributed by atoms with E-state index in [9.17, 15) is 10.1 Å². The summed E-state index contributed by atoms with van der Waals surface area (Å²) in [5.41, 5.74) is 7.00. The highest BCUT2D eigenvalue weighted by molar-refractivity contribution is 7.16. The summed E-state index contributed by atoms with van der Waals surface area (Å²) in [5.74, 6) is -0.185. The van der Waals surface area contributed by atoms with Crippen molar-refractivity contribution >= 4 is 33.1 Å². The van der Waals surface area contributed by atoms with Crippen LogP contribution < -0.4 is 5.32 Å². The number of thiophene rings is 1. The molecule has 1 aliphatic carbocycles. The van der Waals surface area contributed by atoms with Gasteiger partial charge in [-0.15, -0.1) is 11.3 Å². The number of nitrogens with one attached hydrogen (secondary N) is 1. The van der Waals surface area contributed by atoms with E-state index in [1.54, 1.807) is 11.3 Å². The number of pyridine rings is 1. The van der Waals surface area contributed by atoms with Crippen LogP contribution in [-0.2, 0) is 12.8 Å². The molecule has 0 saturated heterocycles. The normalized spacial score (nSPS) is 13.6. The van der Waals surface area contributed by atoms with Crippen LogP contribution in [0.5, 0.6) is 0 Å². The number of nitriles is 1. The summed E-state index contributed by atoms with van der Waals surface area (Å²) < 4.78 is 0. The Balaban J connectivity index is 1.60. The van der Waals surface area contributed by atoms with Crippen molar-refractivity contribution in [2.24, 2.45) is 0 Å². The van der Waals surface area contributed by atoms with E-state index in [0.29, 0.717) is 16.1 Å². The van der Waals surface area contributed by atoms with Crippen molar-refractivity contribution in [2.45, 2.75) is 52.4 Å². The number of benzene rings is 2. The standard InChI is InChI=1S/C29H27N3OS/c1-18-13-15-20(16-14-18)27-19(2)26(22-10-7-8-11-24(22)31-27)28(33)32-29-23(17-30)21-9-5-3-4-6-12-25(21)34-29/h7-8,10-11,13-16H,3-6,9,12H2,1-2H3,(H,32,33). The van der Waals surface area contributed by atoms with Crippen LogP contribution in [0, 0.1) is 25.2 Å². The number of anilines is 1. The molecule has 1 N–H and O–H groups in total. The lowest BCUT2D eigenvalue weighted by Crippen LogP contribution is -2.15. The molecule has 2 heterocycles. The molecule has 0 radical (unpaired) electrons. The van der Waals surface area contributed by atoms with Crippen molar-refractivity contribution in [3.63, 3.8) is 0 Å². The van der Waals surface area contributed by atoms with Crippen molar-refractivity contribution in [3.05, 3.63) is 81.2 Å². The molecular formula is C29H27N3OS. The van der Waals surface area contributed by atoms with Crippen LogP contribution >= 0.6 is 11.3 Å². The quantitative estimate of drug-likeness (QED) is 0.344. The van der Waals surface area contributed by atoms with Gasteiger partial charge in [0.1, 0.15) is 11.1 Å². The topological polar surface area (TPSA) is 65.8 Å². The summed E-state index contributed by atoms with van der Waals surface area (Å²) in [5, 5.41) is 14.6. The average molecular weight is 466 g/mol. The minimum Gasteiger partial charge on any atom is -0.312 e. The molecule has 1 amide bonds. The van der Waals surface area contributed by atoms with Crippen molar-refractivity contribution in [3.8, 4) is 17.3 Å². The third kappa shape index (κ3) is 4.10. The zero-order chi connectivity index (χ0) is 23.7. The molecule has 0 saturated carbocycles. The second-order valence-electron chi connectivity index (χ2n) is 9.03. The summed E-state index contributed by atoms with van der Waals surface area (Å²) in [6.45, 7) is 4.02. The number of hydrogen-bond donors (Lipinski definition) is 1. The highest BCUT2D eigenvalue weighted by Crippen LogP contribution is 2.38. The number of carbonyl (C=O) groups excluding carboxylic acids is 1. The van der Waals surface area contributed by atoms with Crippen LogP contribution in [0.15, 0.2) is 48.5 Å². The van der Waals surface area contributed by atoms with Crippen LogP contribution in [0.2, 0.25) is 0 Å². The number of amides is 1. The first kappa shape index (κ1) is 22.3. The van der Waals surface area contributed by atoms with Crippen molar-refractivity contribution in [1.29, 1.82) is 5.26 Å². The van der Waals surface area contributed by atoms with Crippen LogP contribution in [0.1, 0.15) is 63.2 Å². The Labute approximate surface area is 204 Å². The molecule has 4 nitrogen and oxygen atoms in total. The average Bonchev–Trinajstić information content (AvgIpc) is 3.14. The van der Waals surface area contributed by atoms with Gasteiger partial charge >= 0.3 is 0 Å². The van der Waals surface area contributed by atoms with Crippen molar-refractivity contribution in [2.75, 3.05) is 5.32 Å². The Bertz CT molecular complexity index is 1430. The molecule has 0 spiro atoms. The largest absolute Gasteiger partial charge is 0.312 e. The van der Waals surface area contributed by atoms with Gasteiger partial charge in [0, 0.05) is 15.8 Å². The van der Waals surface area contributed by atoms with Gasteiger partial charge in [0.2, 0.25) is 0 Å². The number of para-hydroxylation sites is 1. The fourth-order valence-corrected chi connectivity index (χ4v) is 6.12. The van der Waals surface area contributed by atoms with E-state index in [1.165, 1.54) is 23.3 Å². The highest BCUT2D eigenvalue weighted by Gasteiger charge is 2.24. The lowest BCUT2D eigenvalue weighted by atomic mass is 9.96. The smallest absolute Gasteiger partial charge is 0.257 e. The number of fused-ring (bicyclic) bond motifs is 2. The molecule has 2 aromatic carbocycles. The van der Waals surface area contributed by atoms with E-state index in [4.69, 9.17) is 4.98 Å². The lowest BCUT2D eigenvalue weighted by molar-refractivity contribution is 0.102. The maximum atomic E-state index is 13.8. The Morgan fingerprint density at radius 2 is 1.74 bits per heavy atom. The fraction of sp³-hybridized carbons (Fsp3) is 0.276. The van der Waals surface area contributed by atoms with E-state index >= 15 is 0 Å². The van der Waals surface area contributed by atoms with Gasteiger partial charge in [-0.2, -0.15) is 5.26 Å². The highest BCUT2D eigenvalue weighted by atomic mass is 32.1. The van der Waals surface area contributed by atoms with E-state index in [2.05, 4.69) is 30.4 Å². The van der Waals surface area contributed by atoms with Gasteiger partial charge in [0.05, 0.1) is 22.3 Å². The summed E-state index contributed by atoms with van der Waals surface area (Å²) in [7, 11) is 0. The van der Waals surface area contributed by atoms with Gasteiger partial charge in [-0.3, -0.25) is 4.79 Å². The predicted molar refractivity (Wildman–Crippen MR) is 140 cm³/mol. The van der Waals surface area contributed by atoms with Gasteiger partial charge in [-0.05, 0) is 56.7 Å². The third-order valence-corrected chi connectivity index (χ3v) is 7.91. The van der Waals surface area contributed by atoms with Gasteiger partial charge in [-0.25, -0.2) is 4.98 Å². The third-order valence-electron chi connectivity index (χ3n) is 6.70. The fourth-order valence-electron chi connectivity index (χ4n) is 4.88. The molecule has 4 aromatic rings. The van der Waals surface area contributed by atoms with Gasteiger partial charge in [-0.1, -0.05) is 60.9 Å². The zero-order valence-corrected chi connectivity index (χ0v) is 20.4. The van der Waals surface area contributed by atoms with Crippen molar-refractivity contribution < 1.29 is 4.79 Å². The van der Waals surface area contributed by atoms with Crippen LogP contribution in [-0.4, -0.2) is 10.9 Å². The SMILES string of the molecule is Cc1ccc(-c2nc3ccccc3c(C(=O)Nc3sc4c(c3C#N)CCCCCC4)c2C)cc1. The molecule has 0 unspecified atom stereocenters. The molecule has 34 heavy (non-hydrogen) atoms. The number of hydrogen-bond acceptors (Lipinski definition) is 4. The molecule has 0 atom stereocenters. The van der Waals surface area contributed by atoms with Gasteiger partial charge in [0.15, 0.2) is 0 Å². The number of aromatic nitrogens is 1. The van der Waals surface area contributed by atoms with Crippen molar-refractivity contribution in [1.82, 2.24) is 4.98 Å². The van der Waals surface area contributed by atoms with Crippen LogP contribution in [0.3, 0.4) is 0 Å². The molecular weight excluding hydrogens is 438 g/mol. The van der Waals surface area contributed by atoms with E-state index in [-0.39, 0.29) is 5.91 Å². The minimum absolute atomic E-state index is 0.185. The Hall–Kier alpha value is -3.49. The maximum Gasteiger partial charge on any atom is 0.257 e. The molecule has 1 aliphatic rings. The monoisotopic (exact) mass is 465 g/mol. The predicted octanol–water partition coefficient (Wildman–Crippen LogP) is 7.36. The number of rotatable bonds is 3. The van der Waals surface area contributed by atoms with E-state index < -0.39 is 0 Å². The number of carbonyl (C=O) groups is 1. The zero-order valence-electron chi connectivity index (χ0n) is 19.6. The maximum absolute atomic E-state index is 13.8. The first-order valence-electron chi connectivity index (χ1n) is 11.9. The summed E-state index contributed by atoms with van der Waals surface area (Å²) >= 11 is 1.58. The minimum atomic E-state index is -0.185. The van der Waals surface area contributed by atoms with E-state index in [0.717, 1.165) is 59.0 Å². The molecule has 5 rings (SSSR count). The van der Waals surface area contributed by atoms with Gasteiger partial charge in [0.25, 0.3) is 5.91 Å². The molecule has 5 heteroatoms. The van der Waals surface area contributed by atoms with E-state index in [1.807, 2.05) is 43.3 Å². The molecule has 0 fully saturated rings. The van der Waals surface area contributed by atoms with Crippen LogP contribution in [0.25, 0.3) is 22.2 Å².